The van der Waals surface area contributed by atoms with Crippen LogP contribution in [0.15, 0.2) is 90.4 Å². The van der Waals surface area contributed by atoms with E-state index in [4.69, 9.17) is 16.3 Å². The van der Waals surface area contributed by atoms with Gasteiger partial charge in [-0.05, 0) is 90.9 Å². The molecule has 4 heterocycles. The number of nitrogens with zero attached hydrogens (tertiary/aromatic N) is 6. The Balaban J connectivity index is 0.731. The van der Waals surface area contributed by atoms with Gasteiger partial charge in [-0.3, -0.25) is 24.1 Å². The minimum Gasteiger partial charge on any atom is -0.489 e. The van der Waals surface area contributed by atoms with E-state index in [1.165, 1.54) is 10.5 Å². The molecule has 3 atom stereocenters. The highest BCUT2D eigenvalue weighted by Gasteiger charge is 2.64. The molecule has 5 aromatic rings. The third kappa shape index (κ3) is 10.6. The Morgan fingerprint density at radius 3 is 2.30 bits per heavy atom. The number of amides is 4. The first-order valence-corrected chi connectivity index (χ1v) is 27.0. The van der Waals surface area contributed by atoms with Crippen LogP contribution in [-0.4, -0.2) is 118 Å². The summed E-state index contributed by atoms with van der Waals surface area (Å²) in [6.45, 7) is 19.1. The van der Waals surface area contributed by atoms with Gasteiger partial charge in [0.05, 0.1) is 32.8 Å². The third-order valence-electron chi connectivity index (χ3n) is 15.8. The van der Waals surface area contributed by atoms with Gasteiger partial charge in [-0.1, -0.05) is 95.6 Å². The predicted octanol–water partition coefficient (Wildman–Crippen LogP) is 8.27. The van der Waals surface area contributed by atoms with Crippen LogP contribution in [0, 0.1) is 35.0 Å². The van der Waals surface area contributed by atoms with E-state index in [0.717, 1.165) is 78.5 Å². The minimum atomic E-state index is -0.852. The number of hydrogen-bond donors (Lipinski definition) is 3. The van der Waals surface area contributed by atoms with Gasteiger partial charge in [0.15, 0.2) is 0 Å². The van der Waals surface area contributed by atoms with Gasteiger partial charge in [-0.15, -0.1) is 11.3 Å². The number of halogens is 1. The van der Waals surface area contributed by atoms with Crippen LogP contribution in [0.25, 0.3) is 10.4 Å². The molecule has 4 aliphatic rings. The number of nitrogens with one attached hydrogen (secondary N) is 2. The van der Waals surface area contributed by atoms with Crippen LogP contribution in [0.4, 0.5) is 5.69 Å². The lowest BCUT2D eigenvalue weighted by molar-refractivity contribution is -0.164. The SMILES string of the molecule is Cc1ncsc1-c1ccc(CNC(=O)[C@@H]2C[C@@H](O)CN2C(=O)[C@@H](C(C)C)N2Cc3ccc(N4CCN(CCCc5ccc(C(=O)N[C@H]6C(C)(C)[C@H](Oc7ccc(C#N)c(Cl)c7)C6(C)C)cc5)CC4)cc3C2=O)cc1. The van der Waals surface area contributed by atoms with Crippen molar-refractivity contribution in [1.29, 1.82) is 5.26 Å². The van der Waals surface area contributed by atoms with Gasteiger partial charge >= 0.3 is 0 Å². The van der Waals surface area contributed by atoms with Crippen molar-refractivity contribution in [2.24, 2.45) is 16.7 Å². The number of aliphatic hydroxyl groups is 1. The van der Waals surface area contributed by atoms with E-state index >= 15 is 0 Å². The summed E-state index contributed by atoms with van der Waals surface area (Å²) < 4.78 is 6.40. The smallest absolute Gasteiger partial charge is 0.255 e. The average molecular weight is 1040 g/mol. The zero-order valence-electron chi connectivity index (χ0n) is 43.4. The predicted molar refractivity (Wildman–Crippen MR) is 288 cm³/mol. The van der Waals surface area contributed by atoms with E-state index in [2.05, 4.69) is 65.2 Å². The number of carbonyl (C=O) groups excluding carboxylic acids is 4. The van der Waals surface area contributed by atoms with Gasteiger partial charge in [0.1, 0.15) is 30.0 Å². The fourth-order valence-electron chi connectivity index (χ4n) is 12.0. The van der Waals surface area contributed by atoms with Gasteiger partial charge in [-0.25, -0.2) is 4.98 Å². The molecule has 3 fully saturated rings. The summed E-state index contributed by atoms with van der Waals surface area (Å²) in [6.07, 6.45) is 0.964. The largest absolute Gasteiger partial charge is 0.489 e. The maximum Gasteiger partial charge on any atom is 0.255 e. The summed E-state index contributed by atoms with van der Waals surface area (Å²) >= 11 is 7.86. The molecule has 0 unspecified atom stereocenters. The van der Waals surface area contributed by atoms with E-state index in [1.807, 2.05) is 86.9 Å². The number of piperazine rings is 1. The molecule has 1 aromatic heterocycles. The van der Waals surface area contributed by atoms with Gasteiger partial charge < -0.3 is 35.2 Å². The number of carbonyl (C=O) groups is 4. The van der Waals surface area contributed by atoms with Gasteiger partial charge in [0.25, 0.3) is 11.8 Å². The summed E-state index contributed by atoms with van der Waals surface area (Å²) in [4.78, 5) is 69.3. The van der Waals surface area contributed by atoms with Crippen LogP contribution >= 0.6 is 22.9 Å². The second kappa shape index (κ2) is 21.5. The van der Waals surface area contributed by atoms with Crippen LogP contribution < -0.4 is 20.3 Å². The number of rotatable bonds is 16. The number of benzene rings is 4. The number of likely N-dealkylation sites (tertiary alicyclic amines) is 1. The van der Waals surface area contributed by atoms with Crippen molar-refractivity contribution < 1.29 is 29.0 Å². The third-order valence-corrected chi connectivity index (χ3v) is 17.1. The van der Waals surface area contributed by atoms with E-state index in [0.29, 0.717) is 34.0 Å². The number of ether oxygens (including phenoxy) is 1. The molecule has 1 saturated carbocycles. The molecule has 16 heteroatoms. The van der Waals surface area contributed by atoms with Gasteiger partial charge in [0.2, 0.25) is 11.8 Å². The number of β-amino-alcohol motifs (C(OH)–C–C–N with tert-alkyl or cyclic N) is 1. The van der Waals surface area contributed by atoms with Crippen LogP contribution in [0.1, 0.15) is 103 Å². The molecule has 14 nitrogen and oxygen atoms in total. The highest BCUT2D eigenvalue weighted by Crippen LogP contribution is 2.55. The molecule has 4 aromatic carbocycles. The molecular weight excluding hydrogens is 972 g/mol. The number of anilines is 1. The highest BCUT2D eigenvalue weighted by molar-refractivity contribution is 7.13. The van der Waals surface area contributed by atoms with Crippen LogP contribution in [0.3, 0.4) is 0 Å². The van der Waals surface area contributed by atoms with Crippen molar-refractivity contribution in [3.63, 3.8) is 0 Å². The first-order valence-electron chi connectivity index (χ1n) is 25.8. The average Bonchev–Trinajstić information content (AvgIpc) is 4.12. The summed E-state index contributed by atoms with van der Waals surface area (Å²) in [5.41, 5.74) is 8.69. The molecule has 388 valence electrons. The summed E-state index contributed by atoms with van der Waals surface area (Å²) in [5, 5.41) is 26.6. The Morgan fingerprint density at radius 1 is 0.946 bits per heavy atom. The molecule has 2 saturated heterocycles. The summed E-state index contributed by atoms with van der Waals surface area (Å²) in [6, 6.07) is 27.3. The summed E-state index contributed by atoms with van der Waals surface area (Å²) in [7, 11) is 0. The molecule has 1 aliphatic carbocycles. The normalized spacial score (nSPS) is 21.5. The zero-order valence-corrected chi connectivity index (χ0v) is 44.9. The van der Waals surface area contributed by atoms with Gasteiger partial charge in [0, 0.05) is 92.0 Å². The first kappa shape index (κ1) is 52.5. The molecule has 3 aliphatic heterocycles. The maximum absolute atomic E-state index is 14.5. The Hall–Kier alpha value is -6.31. The fourth-order valence-corrected chi connectivity index (χ4v) is 13.0. The Kier molecular flexibility index (Phi) is 15.3. The number of nitriles is 1. The Morgan fingerprint density at radius 2 is 1.65 bits per heavy atom. The Bertz CT molecular complexity index is 2930. The molecule has 0 spiro atoms. The van der Waals surface area contributed by atoms with Crippen LogP contribution in [0.2, 0.25) is 5.02 Å². The van der Waals surface area contributed by atoms with Crippen molar-refractivity contribution in [2.45, 2.75) is 111 Å². The minimum absolute atomic E-state index is 0.0274. The van der Waals surface area contributed by atoms with E-state index in [1.54, 1.807) is 34.4 Å². The molecule has 74 heavy (non-hydrogen) atoms. The number of aliphatic hydroxyl groups excluding tert-OH is 1. The van der Waals surface area contributed by atoms with Crippen molar-refractivity contribution in [2.75, 3.05) is 44.2 Å². The molecule has 3 N–H and O–H groups in total. The lowest BCUT2D eigenvalue weighted by Crippen LogP contribution is -2.74. The molecular formula is C58H67ClN8O6S. The van der Waals surface area contributed by atoms with E-state index in [-0.39, 0.29) is 72.0 Å². The molecule has 0 bridgehead atoms. The fraction of sp³-hybridized carbons (Fsp3) is 0.448. The standard InChI is InChI=1S/C58H67ClN8O6S/c1-35(2)49(54(72)66-33-44(68)28-48(66)52(70)61-31-38-12-14-39(15-13-38)50-36(3)62-34-74-50)67-32-42-18-20-43(27-46(42)53(67)71)65-25-23-64(24-26-65)22-8-9-37-10-16-40(17-11-37)51(69)63-55-57(4,5)56(58(55,6)7)73-45-21-19-41(30-60)47(59)29-45/h10-21,27,29,34-35,44,48-49,55-56,68H,8-9,22-26,28,31-33H2,1-7H3,(H,61,70)(H,63,69)/t44-,48+,49-,55-,56-/m1/s1. The van der Waals surface area contributed by atoms with Crippen molar-refractivity contribution in [1.82, 2.24) is 30.3 Å². The van der Waals surface area contributed by atoms with Gasteiger partial charge in [-0.2, -0.15) is 5.26 Å². The van der Waals surface area contributed by atoms with Crippen LogP contribution in [-0.2, 0) is 29.1 Å². The lowest BCUT2D eigenvalue weighted by Gasteiger charge is -2.63. The molecule has 9 rings (SSSR count). The Labute approximate surface area is 443 Å². The monoisotopic (exact) mass is 1040 g/mol. The zero-order chi connectivity index (χ0) is 52.6. The maximum atomic E-state index is 14.5. The van der Waals surface area contributed by atoms with Crippen LogP contribution in [0.5, 0.6) is 5.75 Å². The van der Waals surface area contributed by atoms with E-state index in [9.17, 15) is 29.5 Å². The van der Waals surface area contributed by atoms with Crippen molar-refractivity contribution in [3.8, 4) is 22.3 Å². The van der Waals surface area contributed by atoms with Crippen molar-refractivity contribution in [3.05, 3.63) is 135 Å². The van der Waals surface area contributed by atoms with Crippen molar-refractivity contribution >= 4 is 52.3 Å². The number of thiazole rings is 1. The highest BCUT2D eigenvalue weighted by atomic mass is 35.5. The summed E-state index contributed by atoms with van der Waals surface area (Å²) in [5.74, 6) is -0.615. The number of hydrogen-bond acceptors (Lipinski definition) is 11. The molecule has 0 radical (unpaired) electrons. The number of fused-ring (bicyclic) bond motifs is 1. The van der Waals surface area contributed by atoms with E-state index < -0.39 is 18.2 Å². The number of aromatic nitrogens is 1. The number of aryl methyl sites for hydroxylation is 2. The first-order chi connectivity index (χ1) is 35.3. The lowest BCUT2D eigenvalue weighted by atomic mass is 9.49. The molecule has 4 amide bonds. The second-order valence-electron chi connectivity index (χ2n) is 22.0. The second-order valence-corrected chi connectivity index (χ2v) is 23.2. The quantitative estimate of drug-likeness (QED) is 0.0874. The topological polar surface area (TPSA) is 171 Å².